The number of esters is 1. The van der Waals surface area contributed by atoms with Crippen molar-refractivity contribution in [3.05, 3.63) is 71.5 Å². The molecule has 7 heteroatoms. The lowest BCUT2D eigenvalue weighted by Gasteiger charge is -2.24. The van der Waals surface area contributed by atoms with Crippen LogP contribution in [0.1, 0.15) is 48.7 Å². The van der Waals surface area contributed by atoms with Gasteiger partial charge in [-0.1, -0.05) is 56.3 Å². The molecular weight excluding hydrogens is 387 g/mol. The maximum atomic E-state index is 13.9. The molecule has 0 spiro atoms. The Hall–Kier alpha value is -3.22. The number of ether oxygens (including phenoxy) is 1. The summed E-state index contributed by atoms with van der Waals surface area (Å²) >= 11 is 0. The molecule has 0 aliphatic heterocycles. The molecule has 0 heterocycles. The van der Waals surface area contributed by atoms with Crippen LogP contribution in [0.25, 0.3) is 0 Å². The SMILES string of the molecule is CC(C)[C@H](NC(=O)c1ccccc1F)C(=O)O[C@H](C(=O)NC1CC1)c1ccccc1. The van der Waals surface area contributed by atoms with Gasteiger partial charge in [0.05, 0.1) is 5.56 Å². The van der Waals surface area contributed by atoms with E-state index >= 15 is 0 Å². The fourth-order valence-corrected chi connectivity index (χ4v) is 2.96. The second-order valence-corrected chi connectivity index (χ2v) is 7.69. The van der Waals surface area contributed by atoms with Crippen LogP contribution >= 0.6 is 0 Å². The van der Waals surface area contributed by atoms with Gasteiger partial charge >= 0.3 is 5.97 Å². The zero-order valence-electron chi connectivity index (χ0n) is 16.9. The molecule has 0 radical (unpaired) electrons. The lowest BCUT2D eigenvalue weighted by atomic mass is 10.0. The van der Waals surface area contributed by atoms with Gasteiger partial charge in [-0.2, -0.15) is 0 Å². The molecule has 2 atom stereocenters. The summed E-state index contributed by atoms with van der Waals surface area (Å²) in [6.45, 7) is 3.46. The number of carbonyl (C=O) groups excluding carboxylic acids is 3. The Balaban J connectivity index is 1.76. The van der Waals surface area contributed by atoms with Crippen LogP contribution in [0.3, 0.4) is 0 Å². The first-order valence-electron chi connectivity index (χ1n) is 9.98. The summed E-state index contributed by atoms with van der Waals surface area (Å²) in [5.74, 6) is -2.90. The van der Waals surface area contributed by atoms with Gasteiger partial charge in [-0.15, -0.1) is 0 Å². The molecule has 0 unspecified atom stereocenters. The highest BCUT2D eigenvalue weighted by Gasteiger charge is 2.34. The molecule has 158 valence electrons. The minimum Gasteiger partial charge on any atom is -0.446 e. The van der Waals surface area contributed by atoms with Gasteiger partial charge in [0.1, 0.15) is 11.9 Å². The third-order valence-electron chi connectivity index (χ3n) is 4.82. The van der Waals surface area contributed by atoms with Crippen LogP contribution in [0, 0.1) is 11.7 Å². The molecule has 1 fully saturated rings. The number of amides is 2. The van der Waals surface area contributed by atoms with Gasteiger partial charge in [-0.3, -0.25) is 9.59 Å². The quantitative estimate of drug-likeness (QED) is 0.653. The largest absolute Gasteiger partial charge is 0.446 e. The van der Waals surface area contributed by atoms with Crippen molar-refractivity contribution in [3.63, 3.8) is 0 Å². The van der Waals surface area contributed by atoms with Gasteiger partial charge in [0.2, 0.25) is 6.10 Å². The van der Waals surface area contributed by atoms with E-state index in [4.69, 9.17) is 4.74 Å². The summed E-state index contributed by atoms with van der Waals surface area (Å²) in [7, 11) is 0. The monoisotopic (exact) mass is 412 g/mol. The molecule has 2 aromatic carbocycles. The molecule has 6 nitrogen and oxygen atoms in total. The lowest BCUT2D eigenvalue weighted by molar-refractivity contribution is -0.159. The summed E-state index contributed by atoms with van der Waals surface area (Å²) in [6.07, 6.45) is 0.661. The Bertz CT molecular complexity index is 912. The van der Waals surface area contributed by atoms with E-state index in [1.165, 1.54) is 24.3 Å². The molecule has 1 aliphatic rings. The highest BCUT2D eigenvalue weighted by Crippen LogP contribution is 2.24. The summed E-state index contributed by atoms with van der Waals surface area (Å²) < 4.78 is 19.5. The highest BCUT2D eigenvalue weighted by molar-refractivity contribution is 5.97. The lowest BCUT2D eigenvalue weighted by Crippen LogP contribution is -2.47. The third kappa shape index (κ3) is 5.43. The normalized spacial score (nSPS) is 15.2. The molecule has 2 N–H and O–H groups in total. The smallest absolute Gasteiger partial charge is 0.330 e. The number of nitrogens with one attached hydrogen (secondary N) is 2. The number of rotatable bonds is 8. The van der Waals surface area contributed by atoms with Crippen molar-refractivity contribution in [1.29, 1.82) is 0 Å². The van der Waals surface area contributed by atoms with Crippen LogP contribution in [-0.4, -0.2) is 29.9 Å². The Morgan fingerprint density at radius 3 is 2.23 bits per heavy atom. The minimum atomic E-state index is -1.13. The molecule has 30 heavy (non-hydrogen) atoms. The van der Waals surface area contributed by atoms with Crippen molar-refractivity contribution in [1.82, 2.24) is 10.6 Å². The van der Waals surface area contributed by atoms with Crippen LogP contribution in [0.15, 0.2) is 54.6 Å². The van der Waals surface area contributed by atoms with E-state index in [0.717, 1.165) is 12.8 Å². The van der Waals surface area contributed by atoms with Crippen LogP contribution in [0.2, 0.25) is 0 Å². The molecular formula is C23H25FN2O4. The van der Waals surface area contributed by atoms with E-state index in [9.17, 15) is 18.8 Å². The average Bonchev–Trinajstić information content (AvgIpc) is 3.54. The first kappa shape index (κ1) is 21.5. The number of hydrogen-bond acceptors (Lipinski definition) is 4. The molecule has 0 saturated heterocycles. The Labute approximate surface area is 174 Å². The van der Waals surface area contributed by atoms with Gasteiger partial charge in [0, 0.05) is 11.6 Å². The zero-order chi connectivity index (χ0) is 21.7. The van der Waals surface area contributed by atoms with Crippen LogP contribution in [0.5, 0.6) is 0 Å². The van der Waals surface area contributed by atoms with E-state index in [1.54, 1.807) is 44.2 Å². The minimum absolute atomic E-state index is 0.101. The standard InChI is InChI=1S/C23H25FN2O4/c1-14(2)19(26-21(27)17-10-6-7-11-18(17)24)23(29)30-20(15-8-4-3-5-9-15)22(28)25-16-12-13-16/h3-11,14,16,19-20H,12-13H2,1-2H3,(H,25,28)(H,26,27)/t19-,20-/m0/s1. The summed E-state index contributed by atoms with van der Waals surface area (Å²) in [5.41, 5.74) is 0.369. The third-order valence-corrected chi connectivity index (χ3v) is 4.82. The maximum Gasteiger partial charge on any atom is 0.330 e. The van der Waals surface area contributed by atoms with Crippen LogP contribution < -0.4 is 10.6 Å². The van der Waals surface area contributed by atoms with E-state index in [0.29, 0.717) is 5.56 Å². The van der Waals surface area contributed by atoms with Gasteiger partial charge in [0.25, 0.3) is 11.8 Å². The second kappa shape index (κ2) is 9.52. The summed E-state index contributed by atoms with van der Waals surface area (Å²) in [6, 6.07) is 13.3. The van der Waals surface area contributed by atoms with Crippen molar-refractivity contribution in [2.75, 3.05) is 0 Å². The Morgan fingerprint density at radius 2 is 1.63 bits per heavy atom. The van der Waals surface area contributed by atoms with Crippen molar-refractivity contribution in [2.24, 2.45) is 5.92 Å². The Kier molecular flexibility index (Phi) is 6.82. The zero-order valence-corrected chi connectivity index (χ0v) is 16.9. The molecule has 2 amide bonds. The van der Waals surface area contributed by atoms with Crippen molar-refractivity contribution >= 4 is 17.8 Å². The summed E-state index contributed by atoms with van der Waals surface area (Å²) in [4.78, 5) is 38.1. The van der Waals surface area contributed by atoms with Gasteiger partial charge in [-0.25, -0.2) is 9.18 Å². The fraction of sp³-hybridized carbons (Fsp3) is 0.348. The number of halogens is 1. The number of carbonyl (C=O) groups is 3. The van der Waals surface area contributed by atoms with E-state index in [2.05, 4.69) is 10.6 Å². The van der Waals surface area contributed by atoms with Crippen LogP contribution in [0.4, 0.5) is 4.39 Å². The molecule has 2 aromatic rings. The Morgan fingerprint density at radius 1 is 1.00 bits per heavy atom. The summed E-state index contributed by atoms with van der Waals surface area (Å²) in [5, 5.41) is 5.38. The second-order valence-electron chi connectivity index (χ2n) is 7.69. The molecule has 0 aromatic heterocycles. The molecule has 0 bridgehead atoms. The molecule has 1 aliphatic carbocycles. The predicted octanol–water partition coefficient (Wildman–Crippen LogP) is 3.14. The number of benzene rings is 2. The van der Waals surface area contributed by atoms with Crippen molar-refractivity contribution in [2.45, 2.75) is 44.9 Å². The fourth-order valence-electron chi connectivity index (χ4n) is 2.96. The maximum absolute atomic E-state index is 13.9. The number of hydrogen-bond donors (Lipinski definition) is 2. The first-order chi connectivity index (χ1) is 14.4. The topological polar surface area (TPSA) is 84.5 Å². The van der Waals surface area contributed by atoms with Gasteiger partial charge in [0.15, 0.2) is 0 Å². The highest BCUT2D eigenvalue weighted by atomic mass is 19.1. The van der Waals surface area contributed by atoms with Gasteiger partial charge < -0.3 is 15.4 Å². The van der Waals surface area contributed by atoms with E-state index in [1.807, 2.05) is 0 Å². The van der Waals surface area contributed by atoms with Gasteiger partial charge in [-0.05, 0) is 30.9 Å². The van der Waals surface area contributed by atoms with Crippen LogP contribution in [-0.2, 0) is 14.3 Å². The van der Waals surface area contributed by atoms with E-state index in [-0.39, 0.29) is 17.5 Å². The van der Waals surface area contributed by atoms with Crippen molar-refractivity contribution in [3.8, 4) is 0 Å². The predicted molar refractivity (Wildman–Crippen MR) is 109 cm³/mol. The average molecular weight is 412 g/mol. The molecule has 1 saturated carbocycles. The van der Waals surface area contributed by atoms with Crippen molar-refractivity contribution < 1.29 is 23.5 Å². The molecule has 3 rings (SSSR count). The first-order valence-corrected chi connectivity index (χ1v) is 9.98. The van der Waals surface area contributed by atoms with E-state index < -0.39 is 35.7 Å².